The first-order chi connectivity index (χ1) is 10.7. The Hall–Kier alpha value is -0.930. The zero-order chi connectivity index (χ0) is 17.5. The molecule has 0 saturated heterocycles. The number of ether oxygens (including phenoxy) is 1. The van der Waals surface area contributed by atoms with Gasteiger partial charge in [-0.1, -0.05) is 29.6 Å². The normalized spacial score (nSPS) is 12.9. The Morgan fingerprint density at radius 2 is 1.96 bits per heavy atom. The summed E-state index contributed by atoms with van der Waals surface area (Å²) >= 11 is 11.5. The van der Waals surface area contributed by atoms with Crippen LogP contribution in [0, 0.1) is 0 Å². The smallest absolute Gasteiger partial charge is 0.323 e. The molecule has 0 aromatic carbocycles. The highest BCUT2D eigenvalue weighted by atomic mass is 35.5. The molecule has 0 spiro atoms. The lowest BCUT2D eigenvalue weighted by Crippen LogP contribution is -2.32. The van der Waals surface area contributed by atoms with E-state index >= 15 is 0 Å². The SMILES string of the molecule is CS(=O)(=O)NCCCC[C@H](N)C(=O)OCc1cc(Cl)nc(Cl)c1. The first-order valence-corrected chi connectivity index (χ1v) is 9.51. The molecule has 0 fully saturated rings. The van der Waals surface area contributed by atoms with Gasteiger partial charge in [0.1, 0.15) is 23.0 Å². The summed E-state index contributed by atoms with van der Waals surface area (Å²) in [7, 11) is -3.19. The predicted molar refractivity (Wildman–Crippen MR) is 88.7 cm³/mol. The van der Waals surface area contributed by atoms with E-state index in [1.54, 1.807) is 12.1 Å². The van der Waals surface area contributed by atoms with Crippen molar-refractivity contribution in [2.45, 2.75) is 31.9 Å². The van der Waals surface area contributed by atoms with Gasteiger partial charge in [0.15, 0.2) is 0 Å². The molecule has 10 heteroatoms. The highest BCUT2D eigenvalue weighted by Gasteiger charge is 2.15. The van der Waals surface area contributed by atoms with Gasteiger partial charge < -0.3 is 10.5 Å². The van der Waals surface area contributed by atoms with Crippen molar-refractivity contribution in [3.8, 4) is 0 Å². The number of hydrogen-bond acceptors (Lipinski definition) is 6. The Bertz CT molecular complexity index is 620. The van der Waals surface area contributed by atoms with Crippen LogP contribution < -0.4 is 10.5 Å². The van der Waals surface area contributed by atoms with E-state index in [2.05, 4.69) is 9.71 Å². The van der Waals surface area contributed by atoms with Gasteiger partial charge in [0.05, 0.1) is 6.26 Å². The molecule has 0 amide bonds. The summed E-state index contributed by atoms with van der Waals surface area (Å²) in [5.41, 5.74) is 6.35. The van der Waals surface area contributed by atoms with E-state index in [4.69, 9.17) is 33.7 Å². The minimum atomic E-state index is -3.19. The third-order valence-electron chi connectivity index (χ3n) is 2.81. The number of rotatable bonds is 9. The molecule has 0 aliphatic carbocycles. The molecule has 130 valence electrons. The van der Waals surface area contributed by atoms with Gasteiger partial charge >= 0.3 is 5.97 Å². The van der Waals surface area contributed by atoms with Gasteiger partial charge in [-0.05, 0) is 30.5 Å². The fourth-order valence-corrected chi connectivity index (χ4v) is 2.74. The van der Waals surface area contributed by atoms with Crippen LogP contribution in [0.2, 0.25) is 10.3 Å². The molecule has 0 aliphatic heterocycles. The van der Waals surface area contributed by atoms with Crippen LogP contribution in [-0.4, -0.2) is 38.2 Å². The Morgan fingerprint density at radius 3 is 2.52 bits per heavy atom. The molecular formula is C13H19Cl2N3O4S. The number of aromatic nitrogens is 1. The van der Waals surface area contributed by atoms with E-state index in [1.807, 2.05) is 0 Å². The van der Waals surface area contributed by atoms with Gasteiger partial charge in [0, 0.05) is 6.54 Å². The van der Waals surface area contributed by atoms with Gasteiger partial charge in [0.25, 0.3) is 0 Å². The molecule has 0 saturated carbocycles. The molecule has 1 rings (SSSR count). The first kappa shape index (κ1) is 20.1. The molecule has 1 atom stereocenters. The molecule has 3 N–H and O–H groups in total. The van der Waals surface area contributed by atoms with Gasteiger partial charge in [-0.3, -0.25) is 4.79 Å². The molecule has 23 heavy (non-hydrogen) atoms. The minimum Gasteiger partial charge on any atom is -0.460 e. The summed E-state index contributed by atoms with van der Waals surface area (Å²) in [6, 6.07) is 2.33. The van der Waals surface area contributed by atoms with Crippen LogP contribution in [0.5, 0.6) is 0 Å². The van der Waals surface area contributed by atoms with Crippen molar-refractivity contribution in [2.75, 3.05) is 12.8 Å². The summed E-state index contributed by atoms with van der Waals surface area (Å²) in [5, 5.41) is 0.428. The topological polar surface area (TPSA) is 111 Å². The Balaban J connectivity index is 2.28. The number of halogens is 2. The number of hydrogen-bond donors (Lipinski definition) is 2. The van der Waals surface area contributed by atoms with Crippen LogP contribution >= 0.6 is 23.2 Å². The molecule has 1 aromatic heterocycles. The highest BCUT2D eigenvalue weighted by Crippen LogP contribution is 2.15. The fraction of sp³-hybridized carbons (Fsp3) is 0.538. The van der Waals surface area contributed by atoms with Crippen LogP contribution in [0.25, 0.3) is 0 Å². The van der Waals surface area contributed by atoms with Crippen molar-refractivity contribution in [3.63, 3.8) is 0 Å². The maximum Gasteiger partial charge on any atom is 0.323 e. The largest absolute Gasteiger partial charge is 0.460 e. The molecule has 0 aliphatic rings. The fourth-order valence-electron chi connectivity index (χ4n) is 1.72. The lowest BCUT2D eigenvalue weighted by atomic mass is 10.1. The van der Waals surface area contributed by atoms with Crippen LogP contribution in [0.15, 0.2) is 12.1 Å². The molecule has 7 nitrogen and oxygen atoms in total. The number of nitrogens with one attached hydrogen (secondary N) is 1. The van der Waals surface area contributed by atoms with Crippen molar-refractivity contribution >= 4 is 39.2 Å². The number of nitrogens with two attached hydrogens (primary N) is 1. The number of carbonyl (C=O) groups excluding carboxylic acids is 1. The maximum atomic E-state index is 11.8. The average Bonchev–Trinajstić information content (AvgIpc) is 2.41. The van der Waals surface area contributed by atoms with Crippen LogP contribution in [-0.2, 0) is 26.2 Å². The number of pyridine rings is 1. The third-order valence-corrected chi connectivity index (χ3v) is 3.93. The average molecular weight is 384 g/mol. The van der Waals surface area contributed by atoms with Crippen molar-refractivity contribution in [2.24, 2.45) is 5.73 Å². The van der Waals surface area contributed by atoms with E-state index < -0.39 is 22.0 Å². The maximum absolute atomic E-state index is 11.8. The Labute approximate surface area is 145 Å². The zero-order valence-corrected chi connectivity index (χ0v) is 14.9. The van der Waals surface area contributed by atoms with Crippen LogP contribution in [0.1, 0.15) is 24.8 Å². The van der Waals surface area contributed by atoms with Gasteiger partial charge in [-0.25, -0.2) is 18.1 Å². The zero-order valence-electron chi connectivity index (χ0n) is 12.6. The second kappa shape index (κ2) is 9.39. The van der Waals surface area contributed by atoms with E-state index in [-0.39, 0.29) is 16.9 Å². The van der Waals surface area contributed by atoms with Gasteiger partial charge in [-0.15, -0.1) is 0 Å². The number of nitrogens with zero attached hydrogens (tertiary/aromatic N) is 1. The van der Waals surface area contributed by atoms with Crippen LogP contribution in [0.4, 0.5) is 0 Å². The highest BCUT2D eigenvalue weighted by molar-refractivity contribution is 7.88. The van der Waals surface area contributed by atoms with Crippen molar-refractivity contribution < 1.29 is 17.9 Å². The molecule has 0 unspecified atom stereocenters. The quantitative estimate of drug-likeness (QED) is 0.379. The van der Waals surface area contributed by atoms with Crippen molar-refractivity contribution in [3.05, 3.63) is 28.0 Å². The predicted octanol–water partition coefficient (Wildman–Crippen LogP) is 1.48. The summed E-state index contributed by atoms with van der Waals surface area (Å²) in [5.74, 6) is -0.537. The van der Waals surface area contributed by atoms with Crippen LogP contribution in [0.3, 0.4) is 0 Å². The third kappa shape index (κ3) is 9.07. The number of carbonyl (C=O) groups is 1. The molecule has 0 radical (unpaired) electrons. The summed E-state index contributed by atoms with van der Waals surface area (Å²) < 4.78 is 29.2. The standard InChI is InChI=1S/C13H19Cl2N3O4S/c1-23(20,21)17-5-3-2-4-10(16)13(19)22-8-9-6-11(14)18-12(15)7-9/h6-7,10,17H,2-5,8,16H2,1H3/t10-/m0/s1. The van der Waals surface area contributed by atoms with Crippen molar-refractivity contribution in [1.82, 2.24) is 9.71 Å². The number of sulfonamides is 1. The second-order valence-electron chi connectivity index (χ2n) is 5.00. The van der Waals surface area contributed by atoms with E-state index in [0.29, 0.717) is 31.4 Å². The lowest BCUT2D eigenvalue weighted by molar-refractivity contribution is -0.146. The van der Waals surface area contributed by atoms with E-state index in [0.717, 1.165) is 6.26 Å². The van der Waals surface area contributed by atoms with Crippen molar-refractivity contribution in [1.29, 1.82) is 0 Å². The molecule has 0 bridgehead atoms. The monoisotopic (exact) mass is 383 g/mol. The number of unbranched alkanes of at least 4 members (excludes halogenated alkanes) is 1. The second-order valence-corrected chi connectivity index (χ2v) is 7.60. The summed E-state index contributed by atoms with van der Waals surface area (Å²) in [6.07, 6.45) is 2.69. The first-order valence-electron chi connectivity index (χ1n) is 6.86. The van der Waals surface area contributed by atoms with Gasteiger partial charge in [0.2, 0.25) is 10.0 Å². The van der Waals surface area contributed by atoms with E-state index in [9.17, 15) is 13.2 Å². The summed E-state index contributed by atoms with van der Waals surface area (Å²) in [6.45, 7) is 0.318. The molecule has 1 aromatic rings. The lowest BCUT2D eigenvalue weighted by Gasteiger charge is -2.11. The molecular weight excluding hydrogens is 365 g/mol. The summed E-state index contributed by atoms with van der Waals surface area (Å²) in [4.78, 5) is 15.6. The van der Waals surface area contributed by atoms with E-state index in [1.165, 1.54) is 0 Å². The Kier molecular flexibility index (Phi) is 8.21. The number of esters is 1. The minimum absolute atomic E-state index is 0.00409. The Morgan fingerprint density at radius 1 is 1.35 bits per heavy atom. The van der Waals surface area contributed by atoms with Gasteiger partial charge in [-0.2, -0.15) is 0 Å². The molecule has 1 heterocycles.